The molecular formula is C13H22F3NO2. The summed E-state index contributed by atoms with van der Waals surface area (Å²) in [6, 6.07) is -0.382. The van der Waals surface area contributed by atoms with Crippen LogP contribution in [0, 0.1) is 0 Å². The number of carbonyl (C=O) groups excluding carboxylic acids is 1. The molecule has 0 N–H and O–H groups in total. The van der Waals surface area contributed by atoms with E-state index in [1.54, 1.807) is 25.7 Å². The van der Waals surface area contributed by atoms with Gasteiger partial charge in [0.05, 0.1) is 0 Å². The third-order valence-corrected chi connectivity index (χ3v) is 2.95. The van der Waals surface area contributed by atoms with Gasteiger partial charge in [0.1, 0.15) is 11.6 Å². The molecule has 0 radical (unpaired) electrons. The Bertz CT molecular complexity index is 310. The topological polar surface area (TPSA) is 29.5 Å². The van der Waals surface area contributed by atoms with Crippen molar-refractivity contribution in [2.24, 2.45) is 0 Å². The van der Waals surface area contributed by atoms with E-state index in [9.17, 15) is 18.0 Å². The van der Waals surface area contributed by atoms with Gasteiger partial charge in [-0.05, 0) is 53.1 Å². The van der Waals surface area contributed by atoms with Gasteiger partial charge in [-0.25, -0.2) is 0 Å². The predicted molar refractivity (Wildman–Crippen MR) is 65.7 cm³/mol. The fourth-order valence-electron chi connectivity index (χ4n) is 2.21. The fraction of sp³-hybridized carbons (Fsp3) is 0.923. The number of likely N-dealkylation sites (tertiary alicyclic amines) is 1. The van der Waals surface area contributed by atoms with Gasteiger partial charge in [0.15, 0.2) is 0 Å². The molecule has 0 aromatic rings. The average molecular weight is 281 g/mol. The summed E-state index contributed by atoms with van der Waals surface area (Å²) in [5.41, 5.74) is -0.558. The van der Waals surface area contributed by atoms with Gasteiger partial charge in [-0.1, -0.05) is 0 Å². The van der Waals surface area contributed by atoms with Gasteiger partial charge in [-0.15, -0.1) is 0 Å². The second kappa shape index (κ2) is 6.11. The van der Waals surface area contributed by atoms with Gasteiger partial charge in [-0.3, -0.25) is 9.69 Å². The zero-order valence-corrected chi connectivity index (χ0v) is 11.7. The second-order valence-electron chi connectivity index (χ2n) is 5.95. The first-order valence-corrected chi connectivity index (χ1v) is 6.62. The molecule has 0 bridgehead atoms. The fourth-order valence-corrected chi connectivity index (χ4v) is 2.21. The zero-order valence-electron chi connectivity index (χ0n) is 11.7. The number of rotatable bonds is 4. The highest BCUT2D eigenvalue weighted by molar-refractivity contribution is 5.76. The lowest BCUT2D eigenvalue weighted by atomic mass is 10.1. The van der Waals surface area contributed by atoms with Gasteiger partial charge in [0.2, 0.25) is 0 Å². The highest BCUT2D eigenvalue weighted by atomic mass is 19.4. The number of halogens is 3. The quantitative estimate of drug-likeness (QED) is 0.741. The number of hydrogen-bond donors (Lipinski definition) is 0. The third kappa shape index (κ3) is 6.27. The first-order chi connectivity index (χ1) is 8.58. The molecule has 0 aromatic carbocycles. The minimum absolute atomic E-state index is 0.0306. The molecule has 0 amide bonds. The van der Waals surface area contributed by atoms with Crippen LogP contribution in [0.4, 0.5) is 13.2 Å². The molecule has 1 rings (SSSR count). The summed E-state index contributed by atoms with van der Waals surface area (Å²) >= 11 is 0. The van der Waals surface area contributed by atoms with Crippen molar-refractivity contribution in [2.75, 3.05) is 13.1 Å². The molecule has 3 nitrogen and oxygen atoms in total. The standard InChI is InChI=1S/C13H22F3NO2/c1-12(2,3)19-11(18)10-6-4-8-17(10)9-5-7-13(14,15)16/h10H,4-9H2,1-3H3/t10-/m0/s1. The minimum Gasteiger partial charge on any atom is -0.459 e. The molecule has 0 aliphatic carbocycles. The van der Waals surface area contributed by atoms with Crippen molar-refractivity contribution in [3.05, 3.63) is 0 Å². The third-order valence-electron chi connectivity index (χ3n) is 2.95. The van der Waals surface area contributed by atoms with E-state index in [4.69, 9.17) is 4.74 Å². The van der Waals surface area contributed by atoms with Crippen LogP contribution in [-0.2, 0) is 9.53 Å². The summed E-state index contributed by atoms with van der Waals surface area (Å²) in [6.07, 6.45) is -3.40. The maximum Gasteiger partial charge on any atom is 0.389 e. The summed E-state index contributed by atoms with van der Waals surface area (Å²) in [4.78, 5) is 13.8. The van der Waals surface area contributed by atoms with E-state index in [-0.39, 0.29) is 18.4 Å². The van der Waals surface area contributed by atoms with Crippen LogP contribution in [0.2, 0.25) is 0 Å². The Morgan fingerprint density at radius 1 is 1.32 bits per heavy atom. The Morgan fingerprint density at radius 2 is 1.95 bits per heavy atom. The van der Waals surface area contributed by atoms with Crippen molar-refractivity contribution in [1.29, 1.82) is 0 Å². The molecule has 0 aromatic heterocycles. The molecular weight excluding hydrogens is 259 g/mol. The Balaban J connectivity index is 2.43. The Morgan fingerprint density at radius 3 is 2.47 bits per heavy atom. The largest absolute Gasteiger partial charge is 0.459 e. The SMILES string of the molecule is CC(C)(C)OC(=O)[C@@H]1CCCN1CCCC(F)(F)F. The first kappa shape index (κ1) is 16.3. The maximum absolute atomic E-state index is 12.1. The lowest BCUT2D eigenvalue weighted by Gasteiger charge is -2.27. The number of nitrogens with zero attached hydrogens (tertiary/aromatic N) is 1. The number of esters is 1. The molecule has 1 aliphatic heterocycles. The van der Waals surface area contributed by atoms with E-state index in [0.717, 1.165) is 6.42 Å². The van der Waals surface area contributed by atoms with Gasteiger partial charge >= 0.3 is 12.1 Å². The normalized spacial score (nSPS) is 21.7. The summed E-state index contributed by atoms with van der Waals surface area (Å²) in [6.45, 7) is 6.32. The van der Waals surface area contributed by atoms with Crippen molar-refractivity contribution < 1.29 is 22.7 Å². The molecule has 19 heavy (non-hydrogen) atoms. The van der Waals surface area contributed by atoms with E-state index in [0.29, 0.717) is 19.5 Å². The predicted octanol–water partition coefficient (Wildman–Crippen LogP) is 3.14. The molecule has 1 atom stereocenters. The van der Waals surface area contributed by atoms with Crippen LogP contribution in [-0.4, -0.2) is 41.8 Å². The summed E-state index contributed by atoms with van der Waals surface area (Å²) in [5, 5.41) is 0. The molecule has 112 valence electrons. The van der Waals surface area contributed by atoms with E-state index >= 15 is 0 Å². The van der Waals surface area contributed by atoms with Gasteiger partial charge in [0.25, 0.3) is 0 Å². The van der Waals surface area contributed by atoms with Crippen molar-refractivity contribution in [2.45, 2.75) is 64.3 Å². The molecule has 1 fully saturated rings. The molecule has 1 saturated heterocycles. The van der Waals surface area contributed by atoms with Crippen molar-refractivity contribution >= 4 is 5.97 Å². The van der Waals surface area contributed by atoms with Crippen LogP contribution < -0.4 is 0 Å². The van der Waals surface area contributed by atoms with Gasteiger partial charge in [0, 0.05) is 6.42 Å². The van der Waals surface area contributed by atoms with E-state index in [1.165, 1.54) is 0 Å². The van der Waals surface area contributed by atoms with Crippen LogP contribution >= 0.6 is 0 Å². The lowest BCUT2D eigenvalue weighted by molar-refractivity contribution is -0.160. The minimum atomic E-state index is -4.12. The lowest BCUT2D eigenvalue weighted by Crippen LogP contribution is -2.41. The molecule has 0 spiro atoms. The number of alkyl halides is 3. The Hall–Kier alpha value is -0.780. The summed E-state index contributed by atoms with van der Waals surface area (Å²) < 4.78 is 41.6. The second-order valence-corrected chi connectivity index (χ2v) is 5.95. The van der Waals surface area contributed by atoms with Crippen LogP contribution in [0.5, 0.6) is 0 Å². The summed E-state index contributed by atoms with van der Waals surface area (Å²) in [5.74, 6) is -0.322. The maximum atomic E-state index is 12.1. The number of ether oxygens (including phenoxy) is 1. The van der Waals surface area contributed by atoms with E-state index < -0.39 is 18.2 Å². The molecule has 6 heteroatoms. The van der Waals surface area contributed by atoms with Crippen molar-refractivity contribution in [3.63, 3.8) is 0 Å². The van der Waals surface area contributed by atoms with Gasteiger partial charge < -0.3 is 4.74 Å². The van der Waals surface area contributed by atoms with Crippen LogP contribution in [0.25, 0.3) is 0 Å². The monoisotopic (exact) mass is 281 g/mol. The molecule has 0 unspecified atom stereocenters. The first-order valence-electron chi connectivity index (χ1n) is 6.62. The number of hydrogen-bond acceptors (Lipinski definition) is 3. The smallest absolute Gasteiger partial charge is 0.389 e. The van der Waals surface area contributed by atoms with Gasteiger partial charge in [-0.2, -0.15) is 13.2 Å². The highest BCUT2D eigenvalue weighted by Crippen LogP contribution is 2.25. The number of carbonyl (C=O) groups is 1. The van der Waals surface area contributed by atoms with Crippen LogP contribution in [0.15, 0.2) is 0 Å². The Kier molecular flexibility index (Phi) is 5.24. The highest BCUT2D eigenvalue weighted by Gasteiger charge is 2.34. The van der Waals surface area contributed by atoms with Crippen molar-refractivity contribution in [1.82, 2.24) is 4.90 Å². The van der Waals surface area contributed by atoms with E-state index in [1.807, 2.05) is 0 Å². The van der Waals surface area contributed by atoms with Crippen LogP contribution in [0.3, 0.4) is 0 Å². The average Bonchev–Trinajstić information content (AvgIpc) is 2.61. The summed E-state index contributed by atoms with van der Waals surface area (Å²) in [7, 11) is 0. The molecule has 0 saturated carbocycles. The molecule has 1 aliphatic rings. The Labute approximate surface area is 112 Å². The van der Waals surface area contributed by atoms with Crippen LogP contribution in [0.1, 0.15) is 46.5 Å². The van der Waals surface area contributed by atoms with Crippen molar-refractivity contribution in [3.8, 4) is 0 Å². The van der Waals surface area contributed by atoms with E-state index in [2.05, 4.69) is 0 Å². The zero-order chi connectivity index (χ0) is 14.7. The molecule has 1 heterocycles.